The summed E-state index contributed by atoms with van der Waals surface area (Å²) < 4.78 is 0. The van der Waals surface area contributed by atoms with Gasteiger partial charge in [0.2, 0.25) is 0 Å². The number of aromatic nitrogens is 2. The van der Waals surface area contributed by atoms with Gasteiger partial charge in [0, 0.05) is 38.3 Å². The summed E-state index contributed by atoms with van der Waals surface area (Å²) >= 11 is 0. The number of amides is 1. The Hall–Kier alpha value is -1.89. The second-order valence-electron chi connectivity index (χ2n) is 7.36. The van der Waals surface area contributed by atoms with Crippen molar-refractivity contribution >= 4 is 5.91 Å². The summed E-state index contributed by atoms with van der Waals surface area (Å²) in [5, 5.41) is 0. The van der Waals surface area contributed by atoms with E-state index in [-0.39, 0.29) is 11.6 Å². The van der Waals surface area contributed by atoms with E-state index < -0.39 is 11.2 Å². The second-order valence-corrected chi connectivity index (χ2v) is 7.36. The average molecular weight is 334 g/mol. The van der Waals surface area contributed by atoms with Crippen LogP contribution < -0.4 is 11.2 Å². The Morgan fingerprint density at radius 3 is 2.62 bits per heavy atom. The Morgan fingerprint density at radius 2 is 2.00 bits per heavy atom. The van der Waals surface area contributed by atoms with Gasteiger partial charge in [-0.15, -0.1) is 0 Å². The molecule has 3 rings (SSSR count). The van der Waals surface area contributed by atoms with Gasteiger partial charge in [-0.25, -0.2) is 4.79 Å². The minimum atomic E-state index is -0.642. The molecule has 0 bridgehead atoms. The summed E-state index contributed by atoms with van der Waals surface area (Å²) in [4.78, 5) is 44.5. The molecule has 0 unspecified atom stereocenters. The maximum absolute atomic E-state index is 12.8. The van der Waals surface area contributed by atoms with Crippen LogP contribution in [0.1, 0.15) is 43.6 Å². The van der Waals surface area contributed by atoms with E-state index in [1.54, 1.807) is 4.90 Å². The van der Waals surface area contributed by atoms with Gasteiger partial charge in [-0.1, -0.05) is 13.8 Å². The molecular weight excluding hydrogens is 308 g/mol. The summed E-state index contributed by atoms with van der Waals surface area (Å²) in [7, 11) is 0. The molecule has 1 amide bonds. The third kappa shape index (κ3) is 3.95. The Labute approximate surface area is 141 Å². The highest BCUT2D eigenvalue weighted by Gasteiger charge is 2.33. The summed E-state index contributed by atoms with van der Waals surface area (Å²) in [6.07, 6.45) is 3.55. The first-order chi connectivity index (χ1) is 11.4. The Bertz CT molecular complexity index is 676. The zero-order valence-electron chi connectivity index (χ0n) is 14.4. The summed E-state index contributed by atoms with van der Waals surface area (Å²) in [5.41, 5.74) is -1.12. The molecule has 1 aromatic heterocycles. The van der Waals surface area contributed by atoms with E-state index >= 15 is 0 Å². The molecule has 132 valence electrons. The van der Waals surface area contributed by atoms with Crippen molar-refractivity contribution in [2.24, 2.45) is 11.8 Å². The van der Waals surface area contributed by atoms with Crippen LogP contribution in [0.5, 0.6) is 0 Å². The van der Waals surface area contributed by atoms with Crippen LogP contribution in [0.4, 0.5) is 0 Å². The van der Waals surface area contributed by atoms with E-state index in [4.69, 9.17) is 0 Å². The molecule has 7 nitrogen and oxygen atoms in total. The van der Waals surface area contributed by atoms with Crippen molar-refractivity contribution in [3.8, 4) is 0 Å². The SMILES string of the molecule is CC(C)[C@@H]1CN(C(=O)c2cc(=O)[nH]c(=O)[nH]2)CCCN1CC1CC1. The van der Waals surface area contributed by atoms with Crippen molar-refractivity contribution in [1.29, 1.82) is 0 Å². The highest BCUT2D eigenvalue weighted by Crippen LogP contribution is 2.31. The van der Waals surface area contributed by atoms with E-state index in [0.717, 1.165) is 25.4 Å². The highest BCUT2D eigenvalue weighted by molar-refractivity contribution is 5.92. The Balaban J connectivity index is 1.78. The number of hydrogen-bond acceptors (Lipinski definition) is 4. The number of nitrogens with zero attached hydrogens (tertiary/aromatic N) is 2. The maximum Gasteiger partial charge on any atom is 0.326 e. The predicted molar refractivity (Wildman–Crippen MR) is 91.1 cm³/mol. The van der Waals surface area contributed by atoms with Crippen LogP contribution in [0.3, 0.4) is 0 Å². The van der Waals surface area contributed by atoms with Crippen molar-refractivity contribution in [3.63, 3.8) is 0 Å². The molecule has 7 heteroatoms. The van der Waals surface area contributed by atoms with Crippen molar-refractivity contribution in [2.45, 2.75) is 39.2 Å². The smallest absolute Gasteiger partial charge is 0.326 e. The molecular formula is C17H26N4O3. The van der Waals surface area contributed by atoms with Crippen LogP contribution in [-0.2, 0) is 0 Å². The number of hydrogen-bond donors (Lipinski definition) is 2. The Morgan fingerprint density at radius 1 is 1.25 bits per heavy atom. The van der Waals surface area contributed by atoms with Crippen molar-refractivity contribution in [1.82, 2.24) is 19.8 Å². The van der Waals surface area contributed by atoms with Gasteiger partial charge in [0.15, 0.2) is 0 Å². The highest BCUT2D eigenvalue weighted by atomic mass is 16.2. The van der Waals surface area contributed by atoms with Gasteiger partial charge in [0.05, 0.1) is 0 Å². The van der Waals surface area contributed by atoms with Gasteiger partial charge in [0.1, 0.15) is 5.69 Å². The van der Waals surface area contributed by atoms with Crippen LogP contribution >= 0.6 is 0 Å². The van der Waals surface area contributed by atoms with Crippen LogP contribution in [-0.4, -0.2) is 57.9 Å². The van der Waals surface area contributed by atoms with E-state index in [9.17, 15) is 14.4 Å². The molecule has 2 aliphatic rings. The maximum atomic E-state index is 12.8. The fourth-order valence-electron chi connectivity index (χ4n) is 3.49. The van der Waals surface area contributed by atoms with E-state index in [2.05, 4.69) is 28.7 Å². The molecule has 2 N–H and O–H groups in total. The van der Waals surface area contributed by atoms with Gasteiger partial charge in [-0.2, -0.15) is 0 Å². The zero-order valence-corrected chi connectivity index (χ0v) is 14.4. The number of rotatable bonds is 4. The fraction of sp³-hybridized carbons (Fsp3) is 0.706. The van der Waals surface area contributed by atoms with Gasteiger partial charge in [-0.3, -0.25) is 19.5 Å². The zero-order chi connectivity index (χ0) is 17.3. The first-order valence-corrected chi connectivity index (χ1v) is 8.81. The first kappa shape index (κ1) is 17.0. The van der Waals surface area contributed by atoms with Gasteiger partial charge in [-0.05, 0) is 31.1 Å². The lowest BCUT2D eigenvalue weighted by Gasteiger charge is -2.34. The van der Waals surface area contributed by atoms with E-state index in [1.807, 2.05) is 0 Å². The topological polar surface area (TPSA) is 89.3 Å². The van der Waals surface area contributed by atoms with Gasteiger partial charge in [0.25, 0.3) is 11.5 Å². The largest absolute Gasteiger partial charge is 0.336 e. The third-order valence-corrected chi connectivity index (χ3v) is 4.99. The van der Waals surface area contributed by atoms with Crippen LogP contribution in [0.15, 0.2) is 15.7 Å². The average Bonchev–Trinajstić information content (AvgIpc) is 3.33. The molecule has 1 aliphatic heterocycles. The molecule has 1 saturated heterocycles. The molecule has 2 fully saturated rings. The minimum absolute atomic E-state index is 0.0712. The Kier molecular flexibility index (Phi) is 4.89. The predicted octanol–water partition coefficient (Wildman–Crippen LogP) is 0.646. The number of nitrogens with one attached hydrogen (secondary N) is 2. The second kappa shape index (κ2) is 6.93. The number of carbonyl (C=O) groups is 1. The molecule has 2 heterocycles. The van der Waals surface area contributed by atoms with Crippen molar-refractivity contribution in [2.75, 3.05) is 26.2 Å². The molecule has 1 aliphatic carbocycles. The summed E-state index contributed by atoms with van der Waals surface area (Å²) in [6.45, 7) is 7.78. The van der Waals surface area contributed by atoms with Crippen LogP contribution in [0.2, 0.25) is 0 Å². The van der Waals surface area contributed by atoms with Crippen LogP contribution in [0, 0.1) is 11.8 Å². The fourth-order valence-corrected chi connectivity index (χ4v) is 3.49. The number of carbonyl (C=O) groups excluding carboxylic acids is 1. The lowest BCUT2D eigenvalue weighted by molar-refractivity contribution is 0.0698. The van der Waals surface area contributed by atoms with Crippen molar-refractivity contribution < 1.29 is 4.79 Å². The third-order valence-electron chi connectivity index (χ3n) is 4.99. The van der Waals surface area contributed by atoms with E-state index in [0.29, 0.717) is 25.0 Å². The molecule has 0 spiro atoms. The quantitative estimate of drug-likeness (QED) is 0.846. The molecule has 1 aromatic rings. The molecule has 24 heavy (non-hydrogen) atoms. The molecule has 1 atom stereocenters. The standard InChI is InChI=1S/C17H26N4O3/c1-11(2)14-10-21(7-3-6-20(14)9-12-4-5-12)16(23)13-8-15(22)19-17(24)18-13/h8,11-12,14H,3-7,9-10H2,1-2H3,(H2,18,19,22,24)/t14-/m0/s1. The minimum Gasteiger partial charge on any atom is -0.336 e. The van der Waals surface area contributed by atoms with Crippen molar-refractivity contribution in [3.05, 3.63) is 32.6 Å². The van der Waals surface area contributed by atoms with Gasteiger partial charge < -0.3 is 9.88 Å². The lowest BCUT2D eigenvalue weighted by Crippen LogP contribution is -2.47. The number of aromatic amines is 2. The summed E-state index contributed by atoms with van der Waals surface area (Å²) in [5.74, 6) is 0.991. The summed E-state index contributed by atoms with van der Waals surface area (Å²) in [6, 6.07) is 1.48. The van der Waals surface area contributed by atoms with Crippen LogP contribution in [0.25, 0.3) is 0 Å². The first-order valence-electron chi connectivity index (χ1n) is 8.81. The lowest BCUT2D eigenvalue weighted by atomic mass is 10.0. The van der Waals surface area contributed by atoms with Gasteiger partial charge >= 0.3 is 5.69 Å². The monoisotopic (exact) mass is 334 g/mol. The molecule has 0 radical (unpaired) electrons. The molecule has 0 aromatic carbocycles. The molecule has 1 saturated carbocycles. The number of H-pyrrole nitrogens is 2. The van der Waals surface area contributed by atoms with E-state index in [1.165, 1.54) is 18.9 Å². The normalized spacial score (nSPS) is 22.6.